The molecule has 0 atom stereocenters. The molecule has 1 aromatic heterocycles. The standard InChI is InChI=1S/C14H18FN3O2S/c1-14(2,3)13-12(9-18(4)16-13)21(19,20)17-11-8-6-5-7-10(11)15/h5-9,17H,1-4H3. The molecule has 0 spiro atoms. The van der Waals surface area contributed by atoms with Crippen LogP contribution in [0.4, 0.5) is 10.1 Å². The molecule has 7 heteroatoms. The summed E-state index contributed by atoms with van der Waals surface area (Å²) in [6.07, 6.45) is 1.42. The van der Waals surface area contributed by atoms with E-state index in [0.29, 0.717) is 5.69 Å². The van der Waals surface area contributed by atoms with E-state index in [1.54, 1.807) is 13.1 Å². The second-order valence-electron chi connectivity index (χ2n) is 5.85. The fourth-order valence-corrected chi connectivity index (χ4v) is 3.38. The molecular weight excluding hydrogens is 293 g/mol. The molecule has 0 aliphatic heterocycles. The van der Waals surface area contributed by atoms with Crippen molar-refractivity contribution in [1.82, 2.24) is 9.78 Å². The Morgan fingerprint density at radius 1 is 1.24 bits per heavy atom. The van der Waals surface area contributed by atoms with Crippen molar-refractivity contribution < 1.29 is 12.8 Å². The van der Waals surface area contributed by atoms with Gasteiger partial charge < -0.3 is 0 Å². The summed E-state index contributed by atoms with van der Waals surface area (Å²) >= 11 is 0. The maximum absolute atomic E-state index is 13.6. The Morgan fingerprint density at radius 2 is 1.86 bits per heavy atom. The van der Waals surface area contributed by atoms with Crippen molar-refractivity contribution in [3.05, 3.63) is 42.0 Å². The van der Waals surface area contributed by atoms with Gasteiger partial charge in [-0.3, -0.25) is 9.40 Å². The molecule has 0 aliphatic rings. The molecule has 1 N–H and O–H groups in total. The lowest BCUT2D eigenvalue weighted by Gasteiger charge is -2.17. The minimum atomic E-state index is -3.90. The Balaban J connectivity index is 2.49. The number of rotatable bonds is 3. The Kier molecular flexibility index (Phi) is 3.79. The zero-order valence-corrected chi connectivity index (χ0v) is 13.2. The van der Waals surface area contributed by atoms with Crippen molar-refractivity contribution in [1.29, 1.82) is 0 Å². The highest BCUT2D eigenvalue weighted by atomic mass is 32.2. The average Bonchev–Trinajstić information content (AvgIpc) is 2.75. The van der Waals surface area contributed by atoms with Crippen LogP contribution in [0.5, 0.6) is 0 Å². The van der Waals surface area contributed by atoms with Crippen LogP contribution in [0.2, 0.25) is 0 Å². The molecule has 0 fully saturated rings. The van der Waals surface area contributed by atoms with E-state index >= 15 is 0 Å². The first-order valence-electron chi connectivity index (χ1n) is 6.43. The molecule has 0 radical (unpaired) electrons. The first-order chi connectivity index (χ1) is 9.61. The molecule has 0 saturated carbocycles. The number of halogens is 1. The lowest BCUT2D eigenvalue weighted by Crippen LogP contribution is -2.20. The third kappa shape index (κ3) is 3.24. The van der Waals surface area contributed by atoms with E-state index in [-0.39, 0.29) is 10.6 Å². The van der Waals surface area contributed by atoms with Crippen LogP contribution in [-0.4, -0.2) is 18.2 Å². The van der Waals surface area contributed by atoms with Crippen LogP contribution in [0.1, 0.15) is 26.5 Å². The first-order valence-corrected chi connectivity index (χ1v) is 7.91. The number of aryl methyl sites for hydroxylation is 1. The number of aromatic nitrogens is 2. The topological polar surface area (TPSA) is 64.0 Å². The number of anilines is 1. The van der Waals surface area contributed by atoms with Gasteiger partial charge in [0, 0.05) is 18.7 Å². The number of benzene rings is 1. The van der Waals surface area contributed by atoms with Crippen molar-refractivity contribution in [3.63, 3.8) is 0 Å². The molecule has 1 aromatic carbocycles. The van der Waals surface area contributed by atoms with Gasteiger partial charge in [0.1, 0.15) is 10.7 Å². The van der Waals surface area contributed by atoms with Crippen LogP contribution < -0.4 is 4.72 Å². The van der Waals surface area contributed by atoms with Crippen molar-refractivity contribution in [2.45, 2.75) is 31.1 Å². The molecule has 0 amide bonds. The van der Waals surface area contributed by atoms with Crippen LogP contribution >= 0.6 is 0 Å². The highest BCUT2D eigenvalue weighted by molar-refractivity contribution is 7.92. The van der Waals surface area contributed by atoms with E-state index in [4.69, 9.17) is 0 Å². The lowest BCUT2D eigenvalue weighted by atomic mass is 9.92. The number of hydrogen-bond acceptors (Lipinski definition) is 3. The fraction of sp³-hybridized carbons (Fsp3) is 0.357. The van der Waals surface area contributed by atoms with Crippen molar-refractivity contribution in [2.75, 3.05) is 4.72 Å². The van der Waals surface area contributed by atoms with E-state index in [1.807, 2.05) is 20.8 Å². The average molecular weight is 311 g/mol. The summed E-state index contributed by atoms with van der Waals surface area (Å²) in [6.45, 7) is 5.62. The molecule has 2 aromatic rings. The van der Waals surface area contributed by atoms with E-state index in [1.165, 1.54) is 29.1 Å². The minimum Gasteiger partial charge on any atom is -0.277 e. The Hall–Kier alpha value is -1.89. The highest BCUT2D eigenvalue weighted by Gasteiger charge is 2.29. The maximum Gasteiger partial charge on any atom is 0.265 e. The van der Waals surface area contributed by atoms with E-state index in [9.17, 15) is 12.8 Å². The Morgan fingerprint density at radius 3 is 2.43 bits per heavy atom. The molecule has 0 aliphatic carbocycles. The van der Waals surface area contributed by atoms with Crippen LogP contribution in [-0.2, 0) is 22.5 Å². The zero-order valence-electron chi connectivity index (χ0n) is 12.4. The van der Waals surface area contributed by atoms with Gasteiger partial charge in [-0.2, -0.15) is 5.10 Å². The van der Waals surface area contributed by atoms with Gasteiger partial charge >= 0.3 is 0 Å². The summed E-state index contributed by atoms with van der Waals surface area (Å²) in [7, 11) is -2.25. The monoisotopic (exact) mass is 311 g/mol. The lowest BCUT2D eigenvalue weighted by molar-refractivity contribution is 0.538. The smallest absolute Gasteiger partial charge is 0.265 e. The van der Waals surface area contributed by atoms with Crippen LogP contribution in [0.3, 0.4) is 0 Å². The Labute approximate surface area is 123 Å². The maximum atomic E-state index is 13.6. The highest BCUT2D eigenvalue weighted by Crippen LogP contribution is 2.29. The molecule has 1 heterocycles. The molecule has 2 rings (SSSR count). The minimum absolute atomic E-state index is 0.0563. The largest absolute Gasteiger partial charge is 0.277 e. The predicted octanol–water partition coefficient (Wildman–Crippen LogP) is 2.66. The third-order valence-corrected chi connectivity index (χ3v) is 4.28. The summed E-state index contributed by atoms with van der Waals surface area (Å²) in [4.78, 5) is 0.0563. The van der Waals surface area contributed by atoms with Gasteiger partial charge in [-0.05, 0) is 12.1 Å². The van der Waals surface area contributed by atoms with Crippen molar-refractivity contribution >= 4 is 15.7 Å². The number of para-hydroxylation sites is 1. The fourth-order valence-electron chi connectivity index (χ4n) is 1.93. The second-order valence-corrected chi connectivity index (χ2v) is 7.50. The molecule has 0 saturated heterocycles. The first kappa shape index (κ1) is 15.5. The van der Waals surface area contributed by atoms with Gasteiger partial charge in [0.05, 0.1) is 11.4 Å². The molecule has 0 unspecified atom stereocenters. The van der Waals surface area contributed by atoms with Crippen LogP contribution in [0, 0.1) is 5.82 Å². The summed E-state index contributed by atoms with van der Waals surface area (Å²) < 4.78 is 42.3. The number of hydrogen-bond donors (Lipinski definition) is 1. The quantitative estimate of drug-likeness (QED) is 0.948. The Bertz CT molecular complexity index is 761. The van der Waals surface area contributed by atoms with E-state index in [2.05, 4.69) is 9.82 Å². The molecule has 21 heavy (non-hydrogen) atoms. The van der Waals surface area contributed by atoms with Gasteiger partial charge in [0.2, 0.25) is 0 Å². The van der Waals surface area contributed by atoms with Crippen LogP contribution in [0.25, 0.3) is 0 Å². The second kappa shape index (κ2) is 5.14. The van der Waals surface area contributed by atoms with Gasteiger partial charge in [0.25, 0.3) is 10.0 Å². The van der Waals surface area contributed by atoms with E-state index < -0.39 is 21.3 Å². The van der Waals surface area contributed by atoms with Crippen molar-refractivity contribution in [2.24, 2.45) is 7.05 Å². The summed E-state index contributed by atoms with van der Waals surface area (Å²) in [5.41, 5.74) is -0.0873. The molecule has 114 valence electrons. The zero-order chi connectivity index (χ0) is 15.8. The van der Waals surface area contributed by atoms with Gasteiger partial charge in [-0.1, -0.05) is 32.9 Å². The van der Waals surface area contributed by atoms with Gasteiger partial charge in [-0.15, -0.1) is 0 Å². The SMILES string of the molecule is Cn1cc(S(=O)(=O)Nc2ccccc2F)c(C(C)(C)C)n1. The number of nitrogens with one attached hydrogen (secondary N) is 1. The summed E-state index contributed by atoms with van der Waals surface area (Å²) in [5.74, 6) is -0.623. The normalized spacial score (nSPS) is 12.4. The van der Waals surface area contributed by atoms with Crippen LogP contribution in [0.15, 0.2) is 35.4 Å². The molecule has 0 bridgehead atoms. The summed E-state index contributed by atoms with van der Waals surface area (Å²) in [6, 6.07) is 5.64. The molecule has 5 nitrogen and oxygen atoms in total. The van der Waals surface area contributed by atoms with Gasteiger partial charge in [0.15, 0.2) is 0 Å². The molecular formula is C14H18FN3O2S. The van der Waals surface area contributed by atoms with Gasteiger partial charge in [-0.25, -0.2) is 12.8 Å². The summed E-state index contributed by atoms with van der Waals surface area (Å²) in [5, 5.41) is 4.22. The van der Waals surface area contributed by atoms with Crippen molar-refractivity contribution in [3.8, 4) is 0 Å². The van der Waals surface area contributed by atoms with E-state index in [0.717, 1.165) is 0 Å². The number of sulfonamides is 1. The third-order valence-electron chi connectivity index (χ3n) is 2.91. The predicted molar refractivity (Wildman–Crippen MR) is 79.1 cm³/mol. The number of nitrogens with zero attached hydrogens (tertiary/aromatic N) is 2.